The van der Waals surface area contributed by atoms with Gasteiger partial charge in [0, 0.05) is 18.8 Å². The van der Waals surface area contributed by atoms with Crippen molar-refractivity contribution in [3.8, 4) is 0 Å². The van der Waals surface area contributed by atoms with Crippen LogP contribution in [0.15, 0.2) is 60.7 Å². The Morgan fingerprint density at radius 1 is 0.967 bits per heavy atom. The zero-order valence-electron chi connectivity index (χ0n) is 16.4. The normalized spacial score (nSPS) is 14.5. The Bertz CT molecular complexity index is 1000. The van der Waals surface area contributed by atoms with E-state index in [2.05, 4.69) is 50.7 Å². The Labute approximate surface area is 186 Å². The fourth-order valence-corrected chi connectivity index (χ4v) is 4.00. The van der Waals surface area contributed by atoms with Gasteiger partial charge >= 0.3 is 0 Å². The van der Waals surface area contributed by atoms with Gasteiger partial charge in [0.05, 0.1) is 10.0 Å². The van der Waals surface area contributed by atoms with Crippen LogP contribution in [0.1, 0.15) is 28.9 Å². The number of anilines is 2. The first-order chi connectivity index (χ1) is 14.6. The second-order valence-electron chi connectivity index (χ2n) is 7.48. The standard InChI is InChI=1S/C23H22Cl2N4O/c24-19-7-6-18(15-20(19)25)26-23(30)21-8-9-22(28-27-21)29-12-10-17(11-13-29)14-16-4-2-1-3-5-16/h1-9,15,17H,10-14H2,(H,26,30). The number of carbonyl (C=O) groups excluding carboxylic acids is 1. The molecule has 1 N–H and O–H groups in total. The third-order valence-corrected chi connectivity index (χ3v) is 6.11. The Morgan fingerprint density at radius 3 is 2.40 bits per heavy atom. The predicted molar refractivity (Wildman–Crippen MR) is 122 cm³/mol. The molecule has 0 saturated carbocycles. The van der Waals surface area contributed by atoms with Crippen LogP contribution in [0, 0.1) is 5.92 Å². The first kappa shape index (κ1) is 20.6. The number of hydrogen-bond donors (Lipinski definition) is 1. The number of halogens is 2. The van der Waals surface area contributed by atoms with Crippen molar-refractivity contribution < 1.29 is 4.79 Å². The van der Waals surface area contributed by atoms with E-state index >= 15 is 0 Å². The molecule has 1 aromatic heterocycles. The van der Waals surface area contributed by atoms with Gasteiger partial charge in [-0.15, -0.1) is 10.2 Å². The summed E-state index contributed by atoms with van der Waals surface area (Å²) in [5, 5.41) is 12.0. The molecule has 1 saturated heterocycles. The summed E-state index contributed by atoms with van der Waals surface area (Å²) in [6, 6.07) is 19.1. The first-order valence-corrected chi connectivity index (χ1v) is 10.7. The molecule has 2 aromatic carbocycles. The molecule has 0 spiro atoms. The van der Waals surface area contributed by atoms with E-state index in [-0.39, 0.29) is 11.6 Å². The van der Waals surface area contributed by atoms with Crippen LogP contribution in [0.4, 0.5) is 11.5 Å². The lowest BCUT2D eigenvalue weighted by Gasteiger charge is -2.32. The second-order valence-corrected chi connectivity index (χ2v) is 8.29. The summed E-state index contributed by atoms with van der Waals surface area (Å²) >= 11 is 11.9. The molecule has 1 aliphatic heterocycles. The van der Waals surface area contributed by atoms with Crippen molar-refractivity contribution in [1.29, 1.82) is 0 Å². The predicted octanol–water partition coefficient (Wildman–Crippen LogP) is 5.49. The lowest BCUT2D eigenvalue weighted by molar-refractivity contribution is 0.102. The second kappa shape index (κ2) is 9.45. The van der Waals surface area contributed by atoms with Gasteiger partial charge in [0.2, 0.25) is 0 Å². The molecule has 0 aliphatic carbocycles. The van der Waals surface area contributed by atoms with E-state index < -0.39 is 0 Å². The summed E-state index contributed by atoms with van der Waals surface area (Å²) in [6.07, 6.45) is 3.36. The molecule has 1 aliphatic rings. The average Bonchev–Trinajstić information content (AvgIpc) is 2.78. The molecule has 1 amide bonds. The molecule has 5 nitrogen and oxygen atoms in total. The maximum Gasteiger partial charge on any atom is 0.276 e. The summed E-state index contributed by atoms with van der Waals surface area (Å²) in [7, 11) is 0. The number of aromatic nitrogens is 2. The highest BCUT2D eigenvalue weighted by Gasteiger charge is 2.21. The van der Waals surface area contributed by atoms with Gasteiger partial charge in [0.1, 0.15) is 0 Å². The molecule has 154 valence electrons. The quantitative estimate of drug-likeness (QED) is 0.569. The molecule has 0 atom stereocenters. The molecule has 0 radical (unpaired) electrons. The molecule has 4 rings (SSSR count). The monoisotopic (exact) mass is 440 g/mol. The summed E-state index contributed by atoms with van der Waals surface area (Å²) in [6.45, 7) is 1.89. The number of amides is 1. The number of nitrogens with one attached hydrogen (secondary N) is 1. The lowest BCUT2D eigenvalue weighted by Crippen LogP contribution is -2.35. The third kappa shape index (κ3) is 5.10. The molecule has 0 bridgehead atoms. The van der Waals surface area contributed by atoms with Crippen molar-refractivity contribution >= 4 is 40.6 Å². The van der Waals surface area contributed by atoms with E-state index in [0.29, 0.717) is 21.7 Å². The summed E-state index contributed by atoms with van der Waals surface area (Å²) in [5.74, 6) is 1.15. The van der Waals surface area contributed by atoms with Crippen LogP contribution in [0.3, 0.4) is 0 Å². The fraction of sp³-hybridized carbons (Fsp3) is 0.261. The zero-order chi connectivity index (χ0) is 20.9. The molecule has 7 heteroatoms. The minimum Gasteiger partial charge on any atom is -0.355 e. The van der Waals surface area contributed by atoms with Gasteiger partial charge in [-0.3, -0.25) is 4.79 Å². The van der Waals surface area contributed by atoms with Gasteiger partial charge in [-0.05, 0) is 61.1 Å². The summed E-state index contributed by atoms with van der Waals surface area (Å²) in [5.41, 5.74) is 2.21. The van der Waals surface area contributed by atoms with Crippen LogP contribution in [-0.4, -0.2) is 29.2 Å². The van der Waals surface area contributed by atoms with E-state index in [1.54, 1.807) is 24.3 Å². The molecule has 1 fully saturated rings. The third-order valence-electron chi connectivity index (χ3n) is 5.37. The minimum absolute atomic E-state index is 0.254. The molecule has 30 heavy (non-hydrogen) atoms. The number of piperidine rings is 1. The SMILES string of the molecule is O=C(Nc1ccc(Cl)c(Cl)c1)c1ccc(N2CCC(Cc3ccccc3)CC2)nn1. The number of hydrogen-bond acceptors (Lipinski definition) is 4. The van der Waals surface area contributed by atoms with Crippen LogP contribution in [-0.2, 0) is 6.42 Å². The van der Waals surface area contributed by atoms with Crippen molar-refractivity contribution in [1.82, 2.24) is 10.2 Å². The van der Waals surface area contributed by atoms with E-state index in [1.807, 2.05) is 6.07 Å². The minimum atomic E-state index is -0.339. The molecule has 0 unspecified atom stereocenters. The fourth-order valence-electron chi connectivity index (χ4n) is 3.70. The van der Waals surface area contributed by atoms with E-state index in [0.717, 1.165) is 38.2 Å². The number of nitrogens with zero attached hydrogens (tertiary/aromatic N) is 3. The van der Waals surface area contributed by atoms with Gasteiger partial charge in [0.15, 0.2) is 11.5 Å². The summed E-state index contributed by atoms with van der Waals surface area (Å²) in [4.78, 5) is 14.6. The Balaban J connectivity index is 1.32. The number of benzene rings is 2. The highest BCUT2D eigenvalue weighted by Crippen LogP contribution is 2.26. The van der Waals surface area contributed by atoms with Gasteiger partial charge in [-0.2, -0.15) is 0 Å². The zero-order valence-corrected chi connectivity index (χ0v) is 17.9. The highest BCUT2D eigenvalue weighted by atomic mass is 35.5. The summed E-state index contributed by atoms with van der Waals surface area (Å²) < 4.78 is 0. The van der Waals surface area contributed by atoms with Crippen LogP contribution >= 0.6 is 23.2 Å². The maximum absolute atomic E-state index is 12.4. The van der Waals surface area contributed by atoms with Crippen molar-refractivity contribution in [2.75, 3.05) is 23.3 Å². The van der Waals surface area contributed by atoms with Crippen LogP contribution in [0.25, 0.3) is 0 Å². The van der Waals surface area contributed by atoms with Crippen LogP contribution < -0.4 is 10.2 Å². The Hall–Kier alpha value is -2.63. The van der Waals surface area contributed by atoms with Gasteiger partial charge in [0.25, 0.3) is 5.91 Å². The molecular weight excluding hydrogens is 419 g/mol. The molecule has 2 heterocycles. The van der Waals surface area contributed by atoms with Crippen molar-refractivity contribution in [2.24, 2.45) is 5.92 Å². The Kier molecular flexibility index (Phi) is 6.50. The van der Waals surface area contributed by atoms with Crippen molar-refractivity contribution in [2.45, 2.75) is 19.3 Å². The Morgan fingerprint density at radius 2 is 1.73 bits per heavy atom. The topological polar surface area (TPSA) is 58.1 Å². The average molecular weight is 441 g/mol. The highest BCUT2D eigenvalue weighted by molar-refractivity contribution is 6.42. The first-order valence-electron chi connectivity index (χ1n) is 9.97. The van der Waals surface area contributed by atoms with Gasteiger partial charge in [-0.25, -0.2) is 0 Å². The lowest BCUT2D eigenvalue weighted by atomic mass is 9.90. The largest absolute Gasteiger partial charge is 0.355 e. The van der Waals surface area contributed by atoms with Crippen LogP contribution in [0.2, 0.25) is 10.0 Å². The van der Waals surface area contributed by atoms with Crippen molar-refractivity contribution in [3.63, 3.8) is 0 Å². The van der Waals surface area contributed by atoms with Gasteiger partial charge in [-0.1, -0.05) is 53.5 Å². The van der Waals surface area contributed by atoms with Gasteiger partial charge < -0.3 is 10.2 Å². The van der Waals surface area contributed by atoms with E-state index in [9.17, 15) is 4.79 Å². The van der Waals surface area contributed by atoms with Crippen molar-refractivity contribution in [3.05, 3.63) is 82.0 Å². The number of carbonyl (C=O) groups is 1. The van der Waals surface area contributed by atoms with E-state index in [4.69, 9.17) is 23.2 Å². The smallest absolute Gasteiger partial charge is 0.276 e. The number of rotatable bonds is 5. The maximum atomic E-state index is 12.4. The molecule has 3 aromatic rings. The molecular formula is C23H22Cl2N4O. The van der Waals surface area contributed by atoms with Crippen LogP contribution in [0.5, 0.6) is 0 Å². The van der Waals surface area contributed by atoms with E-state index in [1.165, 1.54) is 5.56 Å².